The second kappa shape index (κ2) is 5.70. The number of anilines is 3. The Kier molecular flexibility index (Phi) is 4.43. The lowest BCUT2D eigenvalue weighted by atomic mass is 10.2. The Hall–Kier alpha value is -0.420. The van der Waals surface area contributed by atoms with Gasteiger partial charge in [-0.05, 0) is 46.3 Å². The fraction of sp³-hybridized carbons (Fsp3) is 0. The van der Waals surface area contributed by atoms with Gasteiger partial charge in [-0.1, -0.05) is 39.1 Å². The summed E-state index contributed by atoms with van der Waals surface area (Å²) in [6.07, 6.45) is 0. The number of benzene rings is 2. The molecule has 94 valence electrons. The summed E-state index contributed by atoms with van der Waals surface area (Å²) in [5.41, 5.74) is 7.68. The van der Waals surface area contributed by atoms with Crippen molar-refractivity contribution in [3.63, 3.8) is 0 Å². The molecule has 2 aromatic rings. The maximum Gasteiger partial charge on any atom is 0.0764 e. The average Bonchev–Trinajstić information content (AvgIpc) is 2.28. The van der Waals surface area contributed by atoms with Crippen LogP contribution in [0.25, 0.3) is 0 Å². The summed E-state index contributed by atoms with van der Waals surface area (Å²) in [6.45, 7) is 0. The number of nitrogens with one attached hydrogen (secondary N) is 1. The Morgan fingerprint density at radius 3 is 2.22 bits per heavy atom. The van der Waals surface area contributed by atoms with Crippen molar-refractivity contribution in [2.75, 3.05) is 11.1 Å². The van der Waals surface area contributed by atoms with E-state index in [0.29, 0.717) is 21.4 Å². The Morgan fingerprint density at radius 2 is 1.61 bits per heavy atom. The molecular formula is C12H8Br2Cl2N2. The van der Waals surface area contributed by atoms with E-state index in [1.54, 1.807) is 12.1 Å². The van der Waals surface area contributed by atoms with E-state index in [-0.39, 0.29) is 0 Å². The van der Waals surface area contributed by atoms with Gasteiger partial charge < -0.3 is 11.1 Å². The predicted molar refractivity (Wildman–Crippen MR) is 86.0 cm³/mol. The summed E-state index contributed by atoms with van der Waals surface area (Å²) < 4.78 is 1.87. The molecule has 0 amide bonds. The van der Waals surface area contributed by atoms with Crippen LogP contribution in [0.1, 0.15) is 0 Å². The molecule has 0 radical (unpaired) electrons. The van der Waals surface area contributed by atoms with Gasteiger partial charge in [-0.2, -0.15) is 0 Å². The van der Waals surface area contributed by atoms with Gasteiger partial charge in [0, 0.05) is 14.6 Å². The first-order chi connectivity index (χ1) is 8.47. The molecule has 0 spiro atoms. The Labute approximate surface area is 132 Å². The van der Waals surface area contributed by atoms with E-state index in [9.17, 15) is 0 Å². The van der Waals surface area contributed by atoms with Crippen LogP contribution in [0.3, 0.4) is 0 Å². The third-order valence-electron chi connectivity index (χ3n) is 2.25. The monoisotopic (exact) mass is 408 g/mol. The maximum atomic E-state index is 6.12. The highest BCUT2D eigenvalue weighted by molar-refractivity contribution is 9.11. The molecular weight excluding hydrogens is 403 g/mol. The number of halogens is 4. The summed E-state index contributed by atoms with van der Waals surface area (Å²) in [5.74, 6) is 0. The number of nitrogens with two attached hydrogens (primary N) is 1. The van der Waals surface area contributed by atoms with Crippen LogP contribution < -0.4 is 11.1 Å². The Bertz CT molecular complexity index is 580. The van der Waals surface area contributed by atoms with Crippen LogP contribution in [-0.4, -0.2) is 0 Å². The fourth-order valence-corrected chi connectivity index (χ4v) is 2.75. The molecule has 0 fully saturated rings. The van der Waals surface area contributed by atoms with E-state index in [1.165, 1.54) is 0 Å². The summed E-state index contributed by atoms with van der Waals surface area (Å²) >= 11 is 19.1. The molecule has 0 heterocycles. The summed E-state index contributed by atoms with van der Waals surface area (Å²) in [5, 5.41) is 4.14. The lowest BCUT2D eigenvalue weighted by Crippen LogP contribution is -1.95. The molecule has 0 aromatic heterocycles. The molecule has 0 unspecified atom stereocenters. The van der Waals surface area contributed by atoms with E-state index < -0.39 is 0 Å². The third-order valence-corrected chi connectivity index (χ3v) is 4.03. The Balaban J connectivity index is 2.43. The highest BCUT2D eigenvalue weighted by atomic mass is 79.9. The van der Waals surface area contributed by atoms with Crippen molar-refractivity contribution in [2.24, 2.45) is 0 Å². The molecule has 0 aliphatic heterocycles. The van der Waals surface area contributed by atoms with Gasteiger partial charge in [-0.15, -0.1) is 0 Å². The lowest BCUT2D eigenvalue weighted by Gasteiger charge is -2.13. The third kappa shape index (κ3) is 3.12. The molecule has 18 heavy (non-hydrogen) atoms. The van der Waals surface area contributed by atoms with Gasteiger partial charge in [0.25, 0.3) is 0 Å². The SMILES string of the molecule is Nc1cc(Cl)c(Nc2cc(Br)ccc2Br)c(Cl)c1. The molecule has 0 aliphatic carbocycles. The first-order valence-corrected chi connectivity index (χ1v) is 7.28. The fourth-order valence-electron chi connectivity index (χ4n) is 1.44. The van der Waals surface area contributed by atoms with Crippen LogP contribution in [-0.2, 0) is 0 Å². The first-order valence-electron chi connectivity index (χ1n) is 4.94. The minimum atomic E-state index is 0.479. The smallest absolute Gasteiger partial charge is 0.0764 e. The number of hydrogen-bond donors (Lipinski definition) is 2. The van der Waals surface area contributed by atoms with E-state index >= 15 is 0 Å². The second-order valence-electron chi connectivity index (χ2n) is 3.61. The molecule has 0 saturated heterocycles. The molecule has 0 atom stereocenters. The normalized spacial score (nSPS) is 10.4. The largest absolute Gasteiger partial charge is 0.399 e. The van der Waals surface area contributed by atoms with Crippen LogP contribution in [0.4, 0.5) is 17.1 Å². The number of nitrogen functional groups attached to an aromatic ring is 1. The highest BCUT2D eigenvalue weighted by Gasteiger charge is 2.09. The number of rotatable bonds is 2. The van der Waals surface area contributed by atoms with Crippen LogP contribution in [0.15, 0.2) is 39.3 Å². The van der Waals surface area contributed by atoms with E-state index in [1.807, 2.05) is 18.2 Å². The summed E-state index contributed by atoms with van der Waals surface area (Å²) in [6, 6.07) is 9.09. The molecule has 0 aliphatic rings. The van der Waals surface area contributed by atoms with E-state index in [0.717, 1.165) is 14.6 Å². The van der Waals surface area contributed by atoms with Crippen molar-refractivity contribution in [1.82, 2.24) is 0 Å². The molecule has 0 saturated carbocycles. The highest BCUT2D eigenvalue weighted by Crippen LogP contribution is 2.37. The zero-order chi connectivity index (χ0) is 13.3. The van der Waals surface area contributed by atoms with Crippen molar-refractivity contribution in [2.45, 2.75) is 0 Å². The molecule has 2 rings (SSSR count). The first kappa shape index (κ1) is 14.0. The van der Waals surface area contributed by atoms with Gasteiger partial charge in [0.1, 0.15) is 0 Å². The predicted octanol–water partition coefficient (Wildman–Crippen LogP) is 5.84. The second-order valence-corrected chi connectivity index (χ2v) is 6.19. The minimum absolute atomic E-state index is 0.479. The minimum Gasteiger partial charge on any atom is -0.399 e. The standard InChI is InChI=1S/C12H8Br2Cl2N2/c13-6-1-2-8(14)11(3-6)18-12-9(15)4-7(17)5-10(12)16/h1-5,18H,17H2. The van der Waals surface area contributed by atoms with Crippen molar-refractivity contribution in [3.8, 4) is 0 Å². The topological polar surface area (TPSA) is 38.0 Å². The maximum absolute atomic E-state index is 6.12. The lowest BCUT2D eigenvalue weighted by molar-refractivity contribution is 1.50. The van der Waals surface area contributed by atoms with E-state index in [2.05, 4.69) is 37.2 Å². The summed E-state index contributed by atoms with van der Waals surface area (Å²) in [7, 11) is 0. The van der Waals surface area contributed by atoms with E-state index in [4.69, 9.17) is 28.9 Å². The van der Waals surface area contributed by atoms with Crippen molar-refractivity contribution in [1.29, 1.82) is 0 Å². The van der Waals surface area contributed by atoms with Crippen molar-refractivity contribution >= 4 is 72.1 Å². The van der Waals surface area contributed by atoms with Gasteiger partial charge in [-0.3, -0.25) is 0 Å². The zero-order valence-electron chi connectivity index (χ0n) is 8.98. The molecule has 0 bridgehead atoms. The van der Waals surface area contributed by atoms with Gasteiger partial charge in [-0.25, -0.2) is 0 Å². The Morgan fingerprint density at radius 1 is 1.00 bits per heavy atom. The average molecular weight is 411 g/mol. The number of hydrogen-bond acceptors (Lipinski definition) is 2. The van der Waals surface area contributed by atoms with Gasteiger partial charge in [0.15, 0.2) is 0 Å². The summed E-state index contributed by atoms with van der Waals surface area (Å²) in [4.78, 5) is 0. The van der Waals surface area contributed by atoms with Crippen LogP contribution in [0.2, 0.25) is 10.0 Å². The van der Waals surface area contributed by atoms with Gasteiger partial charge in [0.05, 0.1) is 21.4 Å². The van der Waals surface area contributed by atoms with Crippen molar-refractivity contribution < 1.29 is 0 Å². The van der Waals surface area contributed by atoms with Crippen LogP contribution in [0, 0.1) is 0 Å². The van der Waals surface area contributed by atoms with Crippen LogP contribution in [0.5, 0.6) is 0 Å². The molecule has 3 N–H and O–H groups in total. The van der Waals surface area contributed by atoms with Gasteiger partial charge in [0.2, 0.25) is 0 Å². The van der Waals surface area contributed by atoms with Crippen molar-refractivity contribution in [3.05, 3.63) is 49.3 Å². The van der Waals surface area contributed by atoms with Crippen LogP contribution >= 0.6 is 55.1 Å². The molecule has 2 nitrogen and oxygen atoms in total. The quantitative estimate of drug-likeness (QED) is 0.610. The molecule has 6 heteroatoms. The molecule has 2 aromatic carbocycles. The zero-order valence-corrected chi connectivity index (χ0v) is 13.7. The van der Waals surface area contributed by atoms with Gasteiger partial charge >= 0.3 is 0 Å².